The maximum Gasteiger partial charge on any atom is 0.246 e. The summed E-state index contributed by atoms with van der Waals surface area (Å²) < 4.78 is 40.2. The first-order chi connectivity index (χ1) is 11.5. The summed E-state index contributed by atoms with van der Waals surface area (Å²) in [6.45, 7) is 1.18. The Kier molecular flexibility index (Phi) is 5.20. The Balaban J connectivity index is 1.60. The van der Waals surface area contributed by atoms with Gasteiger partial charge >= 0.3 is 0 Å². The molecular weight excluding hydrogens is 331 g/mol. The number of sulfonamides is 1. The highest BCUT2D eigenvalue weighted by Gasteiger charge is 2.32. The molecule has 1 aliphatic heterocycles. The molecule has 0 unspecified atom stereocenters. The van der Waals surface area contributed by atoms with Gasteiger partial charge in [0.25, 0.3) is 0 Å². The molecule has 5 nitrogen and oxygen atoms in total. The monoisotopic (exact) mass is 354 g/mol. The molecule has 1 saturated carbocycles. The predicted molar refractivity (Wildman–Crippen MR) is 88.3 cm³/mol. The number of rotatable bonds is 4. The third kappa shape index (κ3) is 3.62. The molecule has 1 aliphatic carbocycles. The molecule has 2 aliphatic rings. The number of carbonyl (C=O) groups is 1. The maximum atomic E-state index is 13.8. The molecule has 0 spiro atoms. The van der Waals surface area contributed by atoms with E-state index in [0.29, 0.717) is 25.4 Å². The second kappa shape index (κ2) is 7.19. The molecule has 1 saturated heterocycles. The first-order valence-electron chi connectivity index (χ1n) is 8.51. The molecule has 0 atom stereocenters. The number of hydrogen-bond donors (Lipinski definition) is 0. The second-order valence-electron chi connectivity index (χ2n) is 6.57. The van der Waals surface area contributed by atoms with Crippen LogP contribution in [0.2, 0.25) is 0 Å². The van der Waals surface area contributed by atoms with Gasteiger partial charge in [0.15, 0.2) is 0 Å². The Hall–Kier alpha value is -1.47. The van der Waals surface area contributed by atoms with Crippen LogP contribution in [-0.4, -0.2) is 49.7 Å². The lowest BCUT2D eigenvalue weighted by Gasteiger charge is -2.34. The molecule has 24 heavy (non-hydrogen) atoms. The molecule has 132 valence electrons. The summed E-state index contributed by atoms with van der Waals surface area (Å²) in [6.07, 6.45) is 5.21. The van der Waals surface area contributed by atoms with Gasteiger partial charge in [-0.05, 0) is 30.9 Å². The number of piperazine rings is 1. The summed E-state index contributed by atoms with van der Waals surface area (Å²) in [5.74, 6) is -0.139. The van der Waals surface area contributed by atoms with E-state index in [0.717, 1.165) is 18.9 Å². The molecule has 1 aromatic rings. The Morgan fingerprint density at radius 2 is 1.71 bits per heavy atom. The van der Waals surface area contributed by atoms with Crippen LogP contribution in [0.4, 0.5) is 4.39 Å². The third-order valence-electron chi connectivity index (χ3n) is 4.98. The van der Waals surface area contributed by atoms with Gasteiger partial charge in [-0.3, -0.25) is 4.79 Å². The zero-order chi connectivity index (χ0) is 17.2. The lowest BCUT2D eigenvalue weighted by molar-refractivity contribution is -0.133. The van der Waals surface area contributed by atoms with Crippen LogP contribution in [0.25, 0.3) is 0 Å². The van der Waals surface area contributed by atoms with E-state index in [1.54, 1.807) is 4.90 Å². The van der Waals surface area contributed by atoms with Crippen LogP contribution in [0.15, 0.2) is 29.2 Å². The van der Waals surface area contributed by atoms with Gasteiger partial charge in [-0.25, -0.2) is 12.8 Å². The van der Waals surface area contributed by atoms with Gasteiger partial charge in [0, 0.05) is 32.6 Å². The first kappa shape index (κ1) is 17.4. The minimum absolute atomic E-state index is 0.116. The second-order valence-corrected chi connectivity index (χ2v) is 8.48. The van der Waals surface area contributed by atoms with E-state index < -0.39 is 15.8 Å². The van der Waals surface area contributed by atoms with E-state index in [-0.39, 0.29) is 23.9 Å². The SMILES string of the molecule is O=C(CC1CCCC1)N1CCN(S(=O)(=O)c2ccccc2F)CC1. The molecule has 0 N–H and O–H groups in total. The van der Waals surface area contributed by atoms with Crippen molar-refractivity contribution in [3.05, 3.63) is 30.1 Å². The van der Waals surface area contributed by atoms with Crippen molar-refractivity contribution in [1.82, 2.24) is 9.21 Å². The zero-order valence-electron chi connectivity index (χ0n) is 13.7. The fourth-order valence-electron chi connectivity index (χ4n) is 3.56. The average Bonchev–Trinajstić information content (AvgIpc) is 3.08. The Morgan fingerprint density at radius 1 is 1.08 bits per heavy atom. The number of halogens is 1. The molecule has 7 heteroatoms. The van der Waals surface area contributed by atoms with Crippen LogP contribution in [0.3, 0.4) is 0 Å². The van der Waals surface area contributed by atoms with E-state index in [1.165, 1.54) is 35.3 Å². The maximum absolute atomic E-state index is 13.8. The number of hydrogen-bond acceptors (Lipinski definition) is 3. The number of nitrogens with zero attached hydrogens (tertiary/aromatic N) is 2. The van der Waals surface area contributed by atoms with Crippen molar-refractivity contribution in [3.63, 3.8) is 0 Å². The van der Waals surface area contributed by atoms with Crippen molar-refractivity contribution in [2.75, 3.05) is 26.2 Å². The fraction of sp³-hybridized carbons (Fsp3) is 0.588. The third-order valence-corrected chi connectivity index (χ3v) is 6.92. The molecule has 1 heterocycles. The van der Waals surface area contributed by atoms with Gasteiger partial charge in [-0.2, -0.15) is 4.31 Å². The van der Waals surface area contributed by atoms with Gasteiger partial charge in [0.1, 0.15) is 10.7 Å². The van der Waals surface area contributed by atoms with E-state index in [9.17, 15) is 17.6 Å². The van der Waals surface area contributed by atoms with Crippen molar-refractivity contribution < 1.29 is 17.6 Å². The van der Waals surface area contributed by atoms with E-state index in [4.69, 9.17) is 0 Å². The molecule has 3 rings (SSSR count). The Labute approximate surface area is 142 Å². The summed E-state index contributed by atoms with van der Waals surface area (Å²) >= 11 is 0. The lowest BCUT2D eigenvalue weighted by atomic mass is 10.0. The fourth-order valence-corrected chi connectivity index (χ4v) is 5.05. The summed E-state index contributed by atoms with van der Waals surface area (Å²) in [5.41, 5.74) is 0. The number of carbonyl (C=O) groups excluding carboxylic acids is 1. The highest BCUT2D eigenvalue weighted by atomic mass is 32.2. The summed E-state index contributed by atoms with van der Waals surface area (Å²) in [5, 5.41) is 0. The van der Waals surface area contributed by atoms with Gasteiger partial charge in [-0.1, -0.05) is 25.0 Å². The summed E-state index contributed by atoms with van der Waals surface area (Å²) in [7, 11) is -3.84. The van der Waals surface area contributed by atoms with E-state index in [1.807, 2.05) is 0 Å². The van der Waals surface area contributed by atoms with Crippen molar-refractivity contribution in [2.45, 2.75) is 37.0 Å². The number of benzene rings is 1. The lowest BCUT2D eigenvalue weighted by Crippen LogP contribution is -2.50. The van der Waals surface area contributed by atoms with Crippen LogP contribution in [0.5, 0.6) is 0 Å². The topological polar surface area (TPSA) is 57.7 Å². The van der Waals surface area contributed by atoms with Crippen molar-refractivity contribution >= 4 is 15.9 Å². The minimum Gasteiger partial charge on any atom is -0.340 e. The van der Waals surface area contributed by atoms with Gasteiger partial charge in [0.05, 0.1) is 0 Å². The van der Waals surface area contributed by atoms with Crippen molar-refractivity contribution in [1.29, 1.82) is 0 Å². The molecular formula is C17H23FN2O3S. The van der Waals surface area contributed by atoms with Gasteiger partial charge < -0.3 is 4.90 Å². The van der Waals surface area contributed by atoms with Gasteiger partial charge in [0.2, 0.25) is 15.9 Å². The van der Waals surface area contributed by atoms with E-state index in [2.05, 4.69) is 0 Å². The largest absolute Gasteiger partial charge is 0.340 e. The average molecular weight is 354 g/mol. The standard InChI is InChI=1S/C17H23FN2O3S/c18-15-7-3-4-8-16(15)24(22,23)20-11-9-19(10-12-20)17(21)13-14-5-1-2-6-14/h3-4,7-8,14H,1-2,5-6,9-13H2. The van der Waals surface area contributed by atoms with Crippen LogP contribution < -0.4 is 0 Å². The molecule has 1 amide bonds. The molecule has 2 fully saturated rings. The molecule has 1 aromatic carbocycles. The molecule has 0 radical (unpaired) electrons. The van der Waals surface area contributed by atoms with Crippen LogP contribution in [0.1, 0.15) is 32.1 Å². The van der Waals surface area contributed by atoms with Crippen molar-refractivity contribution in [3.8, 4) is 0 Å². The van der Waals surface area contributed by atoms with Gasteiger partial charge in [-0.15, -0.1) is 0 Å². The molecule has 0 aromatic heterocycles. The van der Waals surface area contributed by atoms with E-state index >= 15 is 0 Å². The molecule has 0 bridgehead atoms. The van der Waals surface area contributed by atoms with Crippen LogP contribution in [0, 0.1) is 11.7 Å². The quantitative estimate of drug-likeness (QED) is 0.833. The highest BCUT2D eigenvalue weighted by molar-refractivity contribution is 7.89. The normalized spacial score (nSPS) is 20.5. The van der Waals surface area contributed by atoms with Crippen molar-refractivity contribution in [2.24, 2.45) is 5.92 Å². The summed E-state index contributed by atoms with van der Waals surface area (Å²) in [4.78, 5) is 13.8. The summed E-state index contributed by atoms with van der Waals surface area (Å²) in [6, 6.07) is 5.40. The smallest absolute Gasteiger partial charge is 0.246 e. The van der Waals surface area contributed by atoms with Crippen LogP contribution >= 0.6 is 0 Å². The minimum atomic E-state index is -3.84. The first-order valence-corrected chi connectivity index (χ1v) is 9.95. The Bertz CT molecular complexity index is 694. The highest BCUT2D eigenvalue weighted by Crippen LogP contribution is 2.28. The number of amides is 1. The predicted octanol–water partition coefficient (Wildman–Crippen LogP) is 2.24. The van der Waals surface area contributed by atoms with Crippen LogP contribution in [-0.2, 0) is 14.8 Å². The zero-order valence-corrected chi connectivity index (χ0v) is 14.5. The Morgan fingerprint density at radius 3 is 2.33 bits per heavy atom.